The SMILES string of the molecule is Cc1cccc(NC(=O)CS(=O)(=O)CC(=O)Nc2ccccc2)c1. The summed E-state index contributed by atoms with van der Waals surface area (Å²) in [4.78, 5) is 23.6. The summed E-state index contributed by atoms with van der Waals surface area (Å²) in [7, 11) is -3.85. The topological polar surface area (TPSA) is 92.3 Å². The lowest BCUT2D eigenvalue weighted by Crippen LogP contribution is -2.30. The van der Waals surface area contributed by atoms with E-state index < -0.39 is 33.2 Å². The van der Waals surface area contributed by atoms with Crippen molar-refractivity contribution in [3.63, 3.8) is 0 Å². The number of para-hydroxylation sites is 1. The van der Waals surface area contributed by atoms with Crippen molar-refractivity contribution in [2.75, 3.05) is 22.1 Å². The molecule has 0 aromatic heterocycles. The molecule has 0 saturated carbocycles. The Kier molecular flexibility index (Phi) is 5.70. The summed E-state index contributed by atoms with van der Waals surface area (Å²) in [6, 6.07) is 15.5. The molecule has 0 spiro atoms. The molecule has 24 heavy (non-hydrogen) atoms. The van der Waals surface area contributed by atoms with Gasteiger partial charge in [-0.05, 0) is 36.8 Å². The summed E-state index contributed by atoms with van der Waals surface area (Å²) in [5, 5.41) is 4.99. The maximum atomic E-state index is 12.0. The predicted octanol–water partition coefficient (Wildman–Crippen LogP) is 1.99. The van der Waals surface area contributed by atoms with E-state index in [2.05, 4.69) is 10.6 Å². The Morgan fingerprint density at radius 3 is 1.96 bits per heavy atom. The molecule has 0 bridgehead atoms. The number of rotatable bonds is 6. The average Bonchev–Trinajstić information content (AvgIpc) is 2.46. The van der Waals surface area contributed by atoms with Crippen molar-refractivity contribution < 1.29 is 18.0 Å². The first kappa shape index (κ1) is 17.7. The quantitative estimate of drug-likeness (QED) is 0.836. The summed E-state index contributed by atoms with van der Waals surface area (Å²) in [6.07, 6.45) is 0. The highest BCUT2D eigenvalue weighted by atomic mass is 32.2. The number of anilines is 2. The Hall–Kier alpha value is -2.67. The third-order valence-electron chi connectivity index (χ3n) is 3.06. The van der Waals surface area contributed by atoms with Gasteiger partial charge in [-0.2, -0.15) is 0 Å². The van der Waals surface area contributed by atoms with Crippen molar-refractivity contribution in [2.24, 2.45) is 0 Å². The van der Waals surface area contributed by atoms with E-state index in [4.69, 9.17) is 0 Å². The van der Waals surface area contributed by atoms with Crippen molar-refractivity contribution >= 4 is 33.0 Å². The van der Waals surface area contributed by atoms with Gasteiger partial charge in [0.25, 0.3) is 0 Å². The summed E-state index contributed by atoms with van der Waals surface area (Å²) in [6.45, 7) is 1.86. The lowest BCUT2D eigenvalue weighted by molar-refractivity contribution is -0.114. The molecule has 2 amide bonds. The minimum atomic E-state index is -3.85. The Balaban J connectivity index is 1.90. The van der Waals surface area contributed by atoms with Crippen molar-refractivity contribution in [1.82, 2.24) is 0 Å². The first-order valence-electron chi connectivity index (χ1n) is 7.26. The van der Waals surface area contributed by atoms with E-state index in [9.17, 15) is 18.0 Å². The third-order valence-corrected chi connectivity index (χ3v) is 4.47. The lowest BCUT2D eigenvalue weighted by Gasteiger charge is -2.08. The first-order chi connectivity index (χ1) is 11.3. The number of sulfone groups is 1. The summed E-state index contributed by atoms with van der Waals surface area (Å²) < 4.78 is 24.0. The van der Waals surface area contributed by atoms with Gasteiger partial charge in [-0.1, -0.05) is 30.3 Å². The van der Waals surface area contributed by atoms with Crippen LogP contribution in [0.3, 0.4) is 0 Å². The molecule has 0 radical (unpaired) electrons. The Morgan fingerprint density at radius 1 is 0.833 bits per heavy atom. The molecule has 0 aliphatic heterocycles. The van der Waals surface area contributed by atoms with Crippen LogP contribution >= 0.6 is 0 Å². The molecular formula is C17H18N2O4S. The van der Waals surface area contributed by atoms with Crippen LogP contribution in [0.5, 0.6) is 0 Å². The van der Waals surface area contributed by atoms with Crippen LogP contribution in [0, 0.1) is 6.92 Å². The van der Waals surface area contributed by atoms with Gasteiger partial charge in [0, 0.05) is 11.4 Å². The zero-order valence-corrected chi connectivity index (χ0v) is 14.0. The van der Waals surface area contributed by atoms with Crippen LogP contribution in [0.4, 0.5) is 11.4 Å². The number of nitrogens with one attached hydrogen (secondary N) is 2. The van der Waals surface area contributed by atoms with E-state index in [1.54, 1.807) is 48.5 Å². The molecule has 0 unspecified atom stereocenters. The molecule has 2 aromatic carbocycles. The zero-order valence-electron chi connectivity index (χ0n) is 13.2. The van der Waals surface area contributed by atoms with Gasteiger partial charge in [0.05, 0.1) is 0 Å². The van der Waals surface area contributed by atoms with E-state index in [1.807, 2.05) is 13.0 Å². The zero-order chi connectivity index (χ0) is 17.6. The highest BCUT2D eigenvalue weighted by Gasteiger charge is 2.21. The highest BCUT2D eigenvalue weighted by Crippen LogP contribution is 2.10. The number of benzene rings is 2. The van der Waals surface area contributed by atoms with E-state index in [0.29, 0.717) is 11.4 Å². The second-order valence-electron chi connectivity index (χ2n) is 5.36. The summed E-state index contributed by atoms with van der Waals surface area (Å²) >= 11 is 0. The standard InChI is InChI=1S/C17H18N2O4S/c1-13-6-5-9-15(10-13)19-17(21)12-24(22,23)11-16(20)18-14-7-3-2-4-8-14/h2-10H,11-12H2,1H3,(H,18,20)(H,19,21). The van der Waals surface area contributed by atoms with Crippen molar-refractivity contribution in [3.8, 4) is 0 Å². The van der Waals surface area contributed by atoms with Gasteiger partial charge < -0.3 is 10.6 Å². The van der Waals surface area contributed by atoms with Gasteiger partial charge in [0.15, 0.2) is 9.84 Å². The molecule has 0 aliphatic carbocycles. The van der Waals surface area contributed by atoms with Gasteiger partial charge >= 0.3 is 0 Å². The van der Waals surface area contributed by atoms with Gasteiger partial charge in [-0.25, -0.2) is 8.42 Å². The molecule has 0 aliphatic rings. The fraction of sp³-hybridized carbons (Fsp3) is 0.176. The maximum absolute atomic E-state index is 12.0. The predicted molar refractivity (Wildman–Crippen MR) is 93.5 cm³/mol. The van der Waals surface area contributed by atoms with Crippen molar-refractivity contribution in [3.05, 3.63) is 60.2 Å². The normalized spacial score (nSPS) is 10.9. The summed E-state index contributed by atoms with van der Waals surface area (Å²) in [5.74, 6) is -2.84. The third kappa shape index (κ3) is 5.85. The van der Waals surface area contributed by atoms with Gasteiger partial charge in [0.2, 0.25) is 11.8 Å². The minimum Gasteiger partial charge on any atom is -0.325 e. The molecule has 0 saturated heterocycles. The number of aryl methyl sites for hydroxylation is 1. The lowest BCUT2D eigenvalue weighted by atomic mass is 10.2. The van der Waals surface area contributed by atoms with Gasteiger partial charge in [-0.15, -0.1) is 0 Å². The molecule has 7 heteroatoms. The Bertz CT molecular complexity index is 833. The number of amides is 2. The van der Waals surface area contributed by atoms with Crippen molar-refractivity contribution in [1.29, 1.82) is 0 Å². The maximum Gasteiger partial charge on any atom is 0.239 e. The number of carbonyl (C=O) groups excluding carboxylic acids is 2. The molecule has 0 heterocycles. The Labute approximate surface area is 140 Å². The molecule has 2 rings (SSSR count). The van der Waals surface area contributed by atoms with E-state index in [1.165, 1.54) is 0 Å². The monoisotopic (exact) mass is 346 g/mol. The second-order valence-corrected chi connectivity index (χ2v) is 7.43. The van der Waals surface area contributed by atoms with Crippen LogP contribution in [0.15, 0.2) is 54.6 Å². The number of hydrogen-bond donors (Lipinski definition) is 2. The first-order valence-corrected chi connectivity index (χ1v) is 9.08. The minimum absolute atomic E-state index is 0.502. The smallest absolute Gasteiger partial charge is 0.239 e. The highest BCUT2D eigenvalue weighted by molar-refractivity contribution is 7.92. The molecule has 0 fully saturated rings. The van der Waals surface area contributed by atoms with Crippen LogP contribution in [0.2, 0.25) is 0 Å². The van der Waals surface area contributed by atoms with Crippen LogP contribution in [-0.4, -0.2) is 31.7 Å². The van der Waals surface area contributed by atoms with Crippen LogP contribution in [0.25, 0.3) is 0 Å². The molecule has 6 nitrogen and oxygen atoms in total. The summed E-state index contributed by atoms with van der Waals surface area (Å²) in [5.41, 5.74) is 1.96. The largest absolute Gasteiger partial charge is 0.325 e. The molecular weight excluding hydrogens is 328 g/mol. The molecule has 2 aromatic rings. The number of carbonyl (C=O) groups is 2. The van der Waals surface area contributed by atoms with Gasteiger partial charge in [-0.3, -0.25) is 9.59 Å². The molecule has 126 valence electrons. The average molecular weight is 346 g/mol. The number of hydrogen-bond acceptors (Lipinski definition) is 4. The van der Waals surface area contributed by atoms with Crippen LogP contribution in [0.1, 0.15) is 5.56 Å². The Morgan fingerprint density at radius 2 is 1.38 bits per heavy atom. The van der Waals surface area contributed by atoms with Gasteiger partial charge in [0.1, 0.15) is 11.5 Å². The fourth-order valence-corrected chi connectivity index (χ4v) is 3.13. The fourth-order valence-electron chi connectivity index (χ4n) is 2.09. The van der Waals surface area contributed by atoms with Crippen LogP contribution < -0.4 is 10.6 Å². The van der Waals surface area contributed by atoms with E-state index >= 15 is 0 Å². The van der Waals surface area contributed by atoms with E-state index in [-0.39, 0.29) is 0 Å². The molecule has 0 atom stereocenters. The van der Waals surface area contributed by atoms with Crippen LogP contribution in [-0.2, 0) is 19.4 Å². The van der Waals surface area contributed by atoms with Crippen molar-refractivity contribution in [2.45, 2.75) is 6.92 Å². The van der Waals surface area contributed by atoms with E-state index in [0.717, 1.165) is 5.56 Å². The second kappa shape index (κ2) is 7.74. The molecule has 2 N–H and O–H groups in total.